The Labute approximate surface area is 194 Å². The number of carbonyl (C=O) groups excluding carboxylic acids is 1. The van der Waals surface area contributed by atoms with Crippen molar-refractivity contribution in [2.75, 3.05) is 0 Å². The van der Waals surface area contributed by atoms with Crippen LogP contribution in [0.2, 0.25) is 0 Å². The minimum Gasteiger partial charge on any atom is -0.342 e. The van der Waals surface area contributed by atoms with E-state index in [0.29, 0.717) is 13.1 Å². The first-order valence-corrected chi connectivity index (χ1v) is 11.2. The van der Waals surface area contributed by atoms with Gasteiger partial charge in [0.25, 0.3) is 0 Å². The van der Waals surface area contributed by atoms with E-state index in [1.165, 1.54) is 0 Å². The molecule has 0 aromatic heterocycles. The lowest BCUT2D eigenvalue weighted by Gasteiger charge is -2.36. The Morgan fingerprint density at radius 3 is 1.55 bits per heavy atom. The van der Waals surface area contributed by atoms with Gasteiger partial charge in [0.05, 0.1) is 37.1 Å². The van der Waals surface area contributed by atoms with Gasteiger partial charge in [-0.1, -0.05) is 60.7 Å². The first-order valence-electron chi connectivity index (χ1n) is 11.2. The standard InChI is InChI=1S/C26H28N4O3/c1-26(2)32-23-21(13-15-27)29(17-19-9-5-3-6-10-19)25(31)30(18-20-11-7-4-8-12-20)22(14-16-28)24(23)33-26/h3-12,21-24H,13-14,17-18H2,1-2H3/t21-,22-,23+,24+/m1/s1. The van der Waals surface area contributed by atoms with Crippen LogP contribution in [0.4, 0.5) is 4.79 Å². The second-order valence-corrected chi connectivity index (χ2v) is 8.93. The van der Waals surface area contributed by atoms with E-state index in [1.807, 2.05) is 74.5 Å². The first kappa shape index (κ1) is 22.8. The van der Waals surface area contributed by atoms with E-state index >= 15 is 0 Å². The van der Waals surface area contributed by atoms with E-state index in [2.05, 4.69) is 12.1 Å². The number of nitrogens with zero attached hydrogens (tertiary/aromatic N) is 4. The van der Waals surface area contributed by atoms with Gasteiger partial charge in [-0.15, -0.1) is 0 Å². The molecule has 0 spiro atoms. The molecule has 0 aliphatic carbocycles. The minimum atomic E-state index is -0.881. The molecule has 0 saturated carbocycles. The molecular weight excluding hydrogens is 416 g/mol. The Bertz CT molecular complexity index is 963. The van der Waals surface area contributed by atoms with E-state index in [1.54, 1.807) is 9.80 Å². The highest BCUT2D eigenvalue weighted by Crippen LogP contribution is 2.40. The Morgan fingerprint density at radius 1 is 0.788 bits per heavy atom. The molecule has 0 bridgehead atoms. The molecule has 0 N–H and O–H groups in total. The van der Waals surface area contributed by atoms with E-state index in [4.69, 9.17) is 9.47 Å². The molecule has 33 heavy (non-hydrogen) atoms. The Morgan fingerprint density at radius 2 is 1.18 bits per heavy atom. The quantitative estimate of drug-likeness (QED) is 0.666. The molecule has 2 saturated heterocycles. The second kappa shape index (κ2) is 9.62. The molecule has 4 rings (SSSR count). The molecule has 2 amide bonds. The molecule has 2 heterocycles. The summed E-state index contributed by atoms with van der Waals surface area (Å²) < 4.78 is 12.6. The summed E-state index contributed by atoms with van der Waals surface area (Å²) in [6, 6.07) is 22.7. The number of ether oxygens (including phenoxy) is 2. The molecule has 2 aromatic carbocycles. The van der Waals surface area contributed by atoms with Crippen LogP contribution in [-0.4, -0.2) is 45.9 Å². The maximum Gasteiger partial charge on any atom is 0.321 e. The zero-order valence-electron chi connectivity index (χ0n) is 18.9. The van der Waals surface area contributed by atoms with Crippen LogP contribution in [-0.2, 0) is 22.6 Å². The number of hydrogen-bond donors (Lipinski definition) is 0. The fraction of sp³-hybridized carbons (Fsp3) is 0.423. The van der Waals surface area contributed by atoms with Gasteiger partial charge in [-0.3, -0.25) is 0 Å². The molecule has 2 aliphatic rings. The highest BCUT2D eigenvalue weighted by molar-refractivity contribution is 5.76. The third kappa shape index (κ3) is 4.85. The van der Waals surface area contributed by atoms with Gasteiger partial charge in [-0.2, -0.15) is 10.5 Å². The molecule has 7 nitrogen and oxygen atoms in total. The molecule has 4 atom stereocenters. The van der Waals surface area contributed by atoms with Gasteiger partial charge in [0.1, 0.15) is 12.2 Å². The van der Waals surface area contributed by atoms with Crippen molar-refractivity contribution in [2.45, 2.75) is 69.9 Å². The summed E-state index contributed by atoms with van der Waals surface area (Å²) >= 11 is 0. The van der Waals surface area contributed by atoms with Gasteiger partial charge in [-0.05, 0) is 25.0 Å². The SMILES string of the molecule is CC1(C)O[C@@H]2[C@@H](O1)[C@@H](CC#N)N(Cc1ccccc1)C(=O)N(Cc1ccccc1)[C@@H]2CC#N. The van der Waals surface area contributed by atoms with Gasteiger partial charge in [0.2, 0.25) is 0 Å². The molecule has 0 unspecified atom stereocenters. The van der Waals surface area contributed by atoms with Crippen molar-refractivity contribution in [3.63, 3.8) is 0 Å². The Hall–Kier alpha value is -3.39. The third-order valence-electron chi connectivity index (χ3n) is 6.21. The fourth-order valence-electron chi connectivity index (χ4n) is 4.79. The molecule has 2 aliphatic heterocycles. The van der Waals surface area contributed by atoms with Gasteiger partial charge in [0.15, 0.2) is 5.79 Å². The highest BCUT2D eigenvalue weighted by atomic mass is 16.8. The zero-order chi connectivity index (χ0) is 23.4. The normalized spacial score (nSPS) is 26.2. The van der Waals surface area contributed by atoms with Crippen molar-refractivity contribution in [2.24, 2.45) is 0 Å². The Balaban J connectivity index is 1.80. The average molecular weight is 445 g/mol. The summed E-state index contributed by atoms with van der Waals surface area (Å²) in [7, 11) is 0. The smallest absolute Gasteiger partial charge is 0.321 e. The van der Waals surface area contributed by atoms with E-state index in [-0.39, 0.29) is 18.9 Å². The van der Waals surface area contributed by atoms with Crippen molar-refractivity contribution in [1.29, 1.82) is 10.5 Å². The summed E-state index contributed by atoms with van der Waals surface area (Å²) in [6.07, 6.45) is -0.826. The van der Waals surface area contributed by atoms with Crippen molar-refractivity contribution in [3.8, 4) is 12.1 Å². The molecule has 2 fully saturated rings. The summed E-state index contributed by atoms with van der Waals surface area (Å²) in [5.41, 5.74) is 1.92. The Kier molecular flexibility index (Phi) is 6.65. The number of carbonyl (C=O) groups is 1. The van der Waals surface area contributed by atoms with E-state index in [9.17, 15) is 15.3 Å². The van der Waals surface area contributed by atoms with Crippen LogP contribution in [0, 0.1) is 22.7 Å². The van der Waals surface area contributed by atoms with Crippen LogP contribution < -0.4 is 0 Å². The summed E-state index contributed by atoms with van der Waals surface area (Å²) in [4.78, 5) is 17.5. The van der Waals surface area contributed by atoms with Crippen molar-refractivity contribution in [3.05, 3.63) is 71.8 Å². The highest BCUT2D eigenvalue weighted by Gasteiger charge is 2.55. The average Bonchev–Trinajstić information content (AvgIpc) is 3.11. The number of amides is 2. The lowest BCUT2D eigenvalue weighted by Crippen LogP contribution is -2.50. The number of fused-ring (bicyclic) bond motifs is 1. The number of nitriles is 2. The van der Waals surface area contributed by atoms with Crippen LogP contribution in [0.3, 0.4) is 0 Å². The topological polar surface area (TPSA) is 89.6 Å². The van der Waals surface area contributed by atoms with Gasteiger partial charge in [0, 0.05) is 13.1 Å². The lowest BCUT2D eigenvalue weighted by molar-refractivity contribution is -0.157. The zero-order valence-corrected chi connectivity index (χ0v) is 18.9. The maximum atomic E-state index is 14.0. The molecule has 2 aromatic rings. The van der Waals surface area contributed by atoms with Crippen LogP contribution in [0.1, 0.15) is 37.8 Å². The fourth-order valence-corrected chi connectivity index (χ4v) is 4.79. The summed E-state index contributed by atoms with van der Waals surface area (Å²) in [5, 5.41) is 19.3. The largest absolute Gasteiger partial charge is 0.342 e. The third-order valence-corrected chi connectivity index (χ3v) is 6.21. The van der Waals surface area contributed by atoms with Crippen LogP contribution in [0.5, 0.6) is 0 Å². The number of urea groups is 1. The van der Waals surface area contributed by atoms with Crippen LogP contribution >= 0.6 is 0 Å². The van der Waals surface area contributed by atoms with Crippen molar-refractivity contribution >= 4 is 6.03 Å². The monoisotopic (exact) mass is 444 g/mol. The second-order valence-electron chi connectivity index (χ2n) is 8.93. The summed E-state index contributed by atoms with van der Waals surface area (Å²) in [5.74, 6) is -0.881. The van der Waals surface area contributed by atoms with Crippen molar-refractivity contribution in [1.82, 2.24) is 9.80 Å². The summed E-state index contributed by atoms with van der Waals surface area (Å²) in [6.45, 7) is 4.34. The van der Waals surface area contributed by atoms with Crippen LogP contribution in [0.25, 0.3) is 0 Å². The number of benzene rings is 2. The first-order chi connectivity index (χ1) is 15.9. The van der Waals surface area contributed by atoms with E-state index < -0.39 is 30.1 Å². The van der Waals surface area contributed by atoms with Gasteiger partial charge < -0.3 is 19.3 Å². The molecule has 170 valence electrons. The number of hydrogen-bond acceptors (Lipinski definition) is 5. The van der Waals surface area contributed by atoms with Gasteiger partial charge in [-0.25, -0.2) is 4.79 Å². The van der Waals surface area contributed by atoms with E-state index in [0.717, 1.165) is 11.1 Å². The lowest BCUT2D eigenvalue weighted by atomic mass is 9.95. The van der Waals surface area contributed by atoms with Crippen LogP contribution in [0.15, 0.2) is 60.7 Å². The predicted molar refractivity (Wildman–Crippen MR) is 121 cm³/mol. The van der Waals surface area contributed by atoms with Crippen molar-refractivity contribution < 1.29 is 14.3 Å². The maximum absolute atomic E-state index is 14.0. The predicted octanol–water partition coefficient (Wildman–Crippen LogP) is 4.21. The molecular formula is C26H28N4O3. The molecule has 7 heteroatoms. The minimum absolute atomic E-state index is 0.109. The molecule has 0 radical (unpaired) electrons. The number of rotatable bonds is 6. The van der Waals surface area contributed by atoms with Gasteiger partial charge >= 0.3 is 6.03 Å².